The van der Waals surface area contributed by atoms with Crippen molar-refractivity contribution in [3.05, 3.63) is 11.6 Å². The van der Waals surface area contributed by atoms with Crippen LogP contribution in [0.15, 0.2) is 0 Å². The van der Waals surface area contributed by atoms with E-state index in [1.807, 2.05) is 18.7 Å². The third-order valence-corrected chi connectivity index (χ3v) is 2.05. The Morgan fingerprint density at radius 1 is 1.46 bits per heavy atom. The first-order valence-electron chi connectivity index (χ1n) is 4.60. The number of rotatable bonds is 3. The zero-order chi connectivity index (χ0) is 10.1. The van der Waals surface area contributed by atoms with Crippen LogP contribution < -0.4 is 5.32 Å². The lowest BCUT2D eigenvalue weighted by atomic mass is 10.1. The average Bonchev–Trinajstić information content (AvgIpc) is 2.30. The number of aryl methyl sites for hydroxylation is 2. The summed E-state index contributed by atoms with van der Waals surface area (Å²) in [5, 5.41) is 7.59. The first-order valence-corrected chi connectivity index (χ1v) is 4.60. The van der Waals surface area contributed by atoms with Gasteiger partial charge in [-0.25, -0.2) is 4.98 Å². The van der Waals surface area contributed by atoms with E-state index in [-0.39, 0.29) is 5.54 Å². The first kappa shape index (κ1) is 10.2. The molecule has 0 radical (unpaired) electrons. The van der Waals surface area contributed by atoms with Crippen LogP contribution in [0.5, 0.6) is 0 Å². The van der Waals surface area contributed by atoms with Gasteiger partial charge < -0.3 is 5.32 Å². The van der Waals surface area contributed by atoms with Gasteiger partial charge in [-0.3, -0.25) is 4.68 Å². The summed E-state index contributed by atoms with van der Waals surface area (Å²) in [4.78, 5) is 4.39. The average molecular weight is 182 g/mol. The van der Waals surface area contributed by atoms with E-state index in [1.54, 1.807) is 0 Å². The van der Waals surface area contributed by atoms with Gasteiger partial charge in [0.1, 0.15) is 11.6 Å². The summed E-state index contributed by atoms with van der Waals surface area (Å²) in [5.41, 5.74) is -0.106. The molecule has 0 spiro atoms. The number of hydrogen-bond donors (Lipinski definition) is 1. The summed E-state index contributed by atoms with van der Waals surface area (Å²) >= 11 is 0. The highest BCUT2D eigenvalue weighted by molar-refractivity contribution is 5.03. The minimum atomic E-state index is -0.106. The second-order valence-corrected chi connectivity index (χ2v) is 3.76. The highest BCUT2D eigenvalue weighted by Gasteiger charge is 2.24. The van der Waals surface area contributed by atoms with Gasteiger partial charge in [-0.05, 0) is 27.3 Å². The maximum absolute atomic E-state index is 4.39. The third kappa shape index (κ3) is 2.06. The van der Waals surface area contributed by atoms with E-state index in [4.69, 9.17) is 0 Å². The summed E-state index contributed by atoms with van der Waals surface area (Å²) in [5.74, 6) is 1.80. The van der Waals surface area contributed by atoms with Crippen molar-refractivity contribution in [1.82, 2.24) is 20.1 Å². The fourth-order valence-electron chi connectivity index (χ4n) is 1.58. The number of hydrogen-bond acceptors (Lipinski definition) is 3. The molecule has 0 fully saturated rings. The second kappa shape index (κ2) is 3.46. The molecular weight excluding hydrogens is 164 g/mol. The third-order valence-electron chi connectivity index (χ3n) is 2.05. The van der Waals surface area contributed by atoms with E-state index >= 15 is 0 Å². The predicted molar refractivity (Wildman–Crippen MR) is 52.4 cm³/mol. The largest absolute Gasteiger partial charge is 0.306 e. The summed E-state index contributed by atoms with van der Waals surface area (Å²) in [7, 11) is 1.93. The highest BCUT2D eigenvalue weighted by Crippen LogP contribution is 2.16. The maximum Gasteiger partial charge on any atom is 0.147 e. The Hall–Kier alpha value is -0.900. The van der Waals surface area contributed by atoms with Crippen molar-refractivity contribution in [3.8, 4) is 0 Å². The Balaban J connectivity index is 2.98. The number of nitrogens with zero attached hydrogens (tertiary/aromatic N) is 3. The van der Waals surface area contributed by atoms with Gasteiger partial charge in [-0.1, -0.05) is 6.92 Å². The first-order chi connectivity index (χ1) is 5.97. The molecule has 1 heterocycles. The van der Waals surface area contributed by atoms with Gasteiger partial charge in [-0.2, -0.15) is 5.10 Å². The van der Waals surface area contributed by atoms with Crippen molar-refractivity contribution < 1.29 is 0 Å². The van der Waals surface area contributed by atoms with Gasteiger partial charge in [0.15, 0.2) is 0 Å². The molecule has 13 heavy (non-hydrogen) atoms. The molecule has 0 aliphatic carbocycles. The Morgan fingerprint density at radius 2 is 2.08 bits per heavy atom. The van der Waals surface area contributed by atoms with Gasteiger partial charge in [0.25, 0.3) is 0 Å². The van der Waals surface area contributed by atoms with Gasteiger partial charge in [-0.15, -0.1) is 0 Å². The molecule has 74 valence electrons. The van der Waals surface area contributed by atoms with Crippen LogP contribution in [0.3, 0.4) is 0 Å². The highest BCUT2D eigenvalue weighted by atomic mass is 15.3. The molecule has 0 amide bonds. The van der Waals surface area contributed by atoms with Crippen LogP contribution in [-0.2, 0) is 12.6 Å². The molecule has 0 atom stereocenters. The molecular formula is C9H18N4. The Bertz CT molecular complexity index is 288. The molecule has 4 nitrogen and oxygen atoms in total. The lowest BCUT2D eigenvalue weighted by molar-refractivity contribution is 0.375. The standard InChI is InChI=1S/C9H18N4/c1-6-10-9(3,4)8-11-7(2)12-13(8)5/h10H,6H2,1-5H3. The van der Waals surface area contributed by atoms with Crippen LogP contribution >= 0.6 is 0 Å². The fraction of sp³-hybridized carbons (Fsp3) is 0.778. The molecule has 1 aromatic heterocycles. The Labute approximate surface area is 79.4 Å². The van der Waals surface area contributed by atoms with Crippen molar-refractivity contribution in [1.29, 1.82) is 0 Å². The molecule has 0 bridgehead atoms. The van der Waals surface area contributed by atoms with Crippen LogP contribution in [0.25, 0.3) is 0 Å². The minimum absolute atomic E-state index is 0.106. The summed E-state index contributed by atoms with van der Waals surface area (Å²) < 4.78 is 1.83. The van der Waals surface area contributed by atoms with E-state index < -0.39 is 0 Å². The lowest BCUT2D eigenvalue weighted by Crippen LogP contribution is -2.38. The zero-order valence-electron chi connectivity index (χ0n) is 9.05. The SMILES string of the molecule is CCNC(C)(C)c1nc(C)nn1C. The van der Waals surface area contributed by atoms with E-state index in [0.29, 0.717) is 0 Å². The van der Waals surface area contributed by atoms with Crippen molar-refractivity contribution in [2.75, 3.05) is 6.54 Å². The van der Waals surface area contributed by atoms with Crippen molar-refractivity contribution in [2.45, 2.75) is 33.2 Å². The molecule has 0 unspecified atom stereocenters. The molecule has 1 N–H and O–H groups in total. The molecule has 4 heteroatoms. The molecule has 0 aliphatic heterocycles. The normalized spacial score (nSPS) is 12.1. The zero-order valence-corrected chi connectivity index (χ0v) is 9.05. The molecule has 0 saturated carbocycles. The van der Waals surface area contributed by atoms with Crippen LogP contribution in [-0.4, -0.2) is 21.3 Å². The minimum Gasteiger partial charge on any atom is -0.306 e. The van der Waals surface area contributed by atoms with Gasteiger partial charge >= 0.3 is 0 Å². The van der Waals surface area contributed by atoms with Crippen molar-refractivity contribution in [3.63, 3.8) is 0 Å². The van der Waals surface area contributed by atoms with Gasteiger partial charge in [0.2, 0.25) is 0 Å². The van der Waals surface area contributed by atoms with E-state index in [9.17, 15) is 0 Å². The quantitative estimate of drug-likeness (QED) is 0.757. The molecule has 0 saturated heterocycles. The predicted octanol–water partition coefficient (Wildman–Crippen LogP) is 0.968. The molecule has 0 aliphatic rings. The smallest absolute Gasteiger partial charge is 0.147 e. The maximum atomic E-state index is 4.39. The summed E-state index contributed by atoms with van der Waals surface area (Å²) in [6.07, 6.45) is 0. The lowest BCUT2D eigenvalue weighted by Gasteiger charge is -2.24. The van der Waals surface area contributed by atoms with Crippen molar-refractivity contribution in [2.24, 2.45) is 7.05 Å². The van der Waals surface area contributed by atoms with Crippen LogP contribution in [0.2, 0.25) is 0 Å². The van der Waals surface area contributed by atoms with E-state index in [1.165, 1.54) is 0 Å². The second-order valence-electron chi connectivity index (χ2n) is 3.76. The monoisotopic (exact) mass is 182 g/mol. The number of nitrogens with one attached hydrogen (secondary N) is 1. The Morgan fingerprint density at radius 3 is 2.46 bits per heavy atom. The van der Waals surface area contributed by atoms with E-state index in [0.717, 1.165) is 18.2 Å². The van der Waals surface area contributed by atoms with Crippen LogP contribution in [0.4, 0.5) is 0 Å². The molecule has 0 aromatic carbocycles. The summed E-state index contributed by atoms with van der Waals surface area (Å²) in [6.45, 7) is 9.15. The topological polar surface area (TPSA) is 42.7 Å². The molecule has 1 rings (SSSR count). The van der Waals surface area contributed by atoms with Crippen molar-refractivity contribution >= 4 is 0 Å². The van der Waals surface area contributed by atoms with Crippen LogP contribution in [0, 0.1) is 6.92 Å². The van der Waals surface area contributed by atoms with E-state index in [2.05, 4.69) is 36.2 Å². The molecule has 1 aromatic rings. The summed E-state index contributed by atoms with van der Waals surface area (Å²) in [6, 6.07) is 0. The Kier molecular flexibility index (Phi) is 2.71. The van der Waals surface area contributed by atoms with Crippen LogP contribution in [0.1, 0.15) is 32.4 Å². The van der Waals surface area contributed by atoms with Gasteiger partial charge in [0.05, 0.1) is 5.54 Å². The van der Waals surface area contributed by atoms with Gasteiger partial charge in [0, 0.05) is 7.05 Å². The fourth-order valence-corrected chi connectivity index (χ4v) is 1.58. The number of aromatic nitrogens is 3.